The van der Waals surface area contributed by atoms with Gasteiger partial charge in [0.15, 0.2) is 0 Å². The van der Waals surface area contributed by atoms with E-state index in [1.54, 1.807) is 30.5 Å². The molecule has 0 spiro atoms. The molecular formula is C13H7Br2N3O2. The number of hydrogen-bond acceptors (Lipinski definition) is 5. The first-order valence-electron chi connectivity index (χ1n) is 5.58. The number of halogens is 2. The number of phenols is 1. The van der Waals surface area contributed by atoms with Crippen molar-refractivity contribution in [2.75, 3.05) is 0 Å². The molecule has 0 amide bonds. The third kappa shape index (κ3) is 2.46. The maximum absolute atomic E-state index is 9.90. The first-order chi connectivity index (χ1) is 9.65. The molecule has 7 heteroatoms. The normalized spacial score (nSPS) is 10.7. The number of pyridine rings is 1. The Morgan fingerprint density at radius 3 is 2.75 bits per heavy atom. The minimum Gasteiger partial charge on any atom is -0.507 e. The van der Waals surface area contributed by atoms with Crippen molar-refractivity contribution in [3.63, 3.8) is 0 Å². The van der Waals surface area contributed by atoms with Crippen LogP contribution in [0.4, 0.5) is 0 Å². The molecule has 0 unspecified atom stereocenters. The van der Waals surface area contributed by atoms with Gasteiger partial charge >= 0.3 is 0 Å². The highest BCUT2D eigenvalue weighted by atomic mass is 79.9. The summed E-state index contributed by atoms with van der Waals surface area (Å²) in [7, 11) is 0. The van der Waals surface area contributed by atoms with Crippen molar-refractivity contribution in [3.05, 3.63) is 45.5 Å². The van der Waals surface area contributed by atoms with Crippen LogP contribution >= 0.6 is 31.9 Å². The number of aromatic nitrogens is 3. The Balaban J connectivity index is 2.04. The van der Waals surface area contributed by atoms with Crippen molar-refractivity contribution in [1.82, 2.24) is 15.1 Å². The molecule has 2 heterocycles. The molecule has 0 aliphatic heterocycles. The van der Waals surface area contributed by atoms with Crippen molar-refractivity contribution in [1.29, 1.82) is 0 Å². The van der Waals surface area contributed by atoms with E-state index in [9.17, 15) is 5.11 Å². The summed E-state index contributed by atoms with van der Waals surface area (Å²) in [4.78, 5) is 8.45. The summed E-state index contributed by atoms with van der Waals surface area (Å²) in [5, 5.41) is 13.8. The average Bonchev–Trinajstić information content (AvgIpc) is 2.88. The molecule has 5 nitrogen and oxygen atoms in total. The summed E-state index contributed by atoms with van der Waals surface area (Å²) in [6.45, 7) is 0. The number of benzene rings is 1. The fourth-order valence-electron chi connectivity index (χ4n) is 1.66. The Kier molecular flexibility index (Phi) is 3.54. The summed E-state index contributed by atoms with van der Waals surface area (Å²) in [5.41, 5.74) is 1.05. The molecule has 0 saturated carbocycles. The lowest BCUT2D eigenvalue weighted by Gasteiger charge is -1.99. The van der Waals surface area contributed by atoms with Gasteiger partial charge in [0, 0.05) is 15.1 Å². The van der Waals surface area contributed by atoms with Crippen LogP contribution in [0.3, 0.4) is 0 Å². The van der Waals surface area contributed by atoms with E-state index in [-0.39, 0.29) is 11.6 Å². The predicted octanol–water partition coefficient (Wildman–Crippen LogP) is 4.03. The van der Waals surface area contributed by atoms with Crippen molar-refractivity contribution >= 4 is 31.9 Å². The SMILES string of the molecule is Oc1cc(Br)ccc1-c1nc(-c2ncccc2Br)no1. The predicted molar refractivity (Wildman–Crippen MR) is 80.0 cm³/mol. The van der Waals surface area contributed by atoms with Gasteiger partial charge in [-0.3, -0.25) is 4.98 Å². The van der Waals surface area contributed by atoms with E-state index in [0.29, 0.717) is 17.1 Å². The van der Waals surface area contributed by atoms with Gasteiger partial charge in [0.2, 0.25) is 5.82 Å². The average molecular weight is 397 g/mol. The zero-order chi connectivity index (χ0) is 14.1. The van der Waals surface area contributed by atoms with Gasteiger partial charge in [-0.15, -0.1) is 0 Å². The second kappa shape index (κ2) is 5.34. The third-order valence-electron chi connectivity index (χ3n) is 2.59. The zero-order valence-corrected chi connectivity index (χ0v) is 13.1. The van der Waals surface area contributed by atoms with Gasteiger partial charge < -0.3 is 9.63 Å². The summed E-state index contributed by atoms with van der Waals surface area (Å²) in [6, 6.07) is 8.69. The van der Waals surface area contributed by atoms with Gasteiger partial charge in [-0.25, -0.2) is 0 Å². The van der Waals surface area contributed by atoms with Crippen LogP contribution in [0, 0.1) is 0 Å². The fraction of sp³-hybridized carbons (Fsp3) is 0. The lowest BCUT2D eigenvalue weighted by molar-refractivity contribution is 0.425. The Bertz CT molecular complexity index is 774. The number of hydrogen-bond donors (Lipinski definition) is 1. The third-order valence-corrected chi connectivity index (χ3v) is 3.72. The maximum atomic E-state index is 9.90. The lowest BCUT2D eigenvalue weighted by Crippen LogP contribution is -1.86. The van der Waals surface area contributed by atoms with E-state index in [1.807, 2.05) is 6.07 Å². The summed E-state index contributed by atoms with van der Waals surface area (Å²) in [5.74, 6) is 0.659. The van der Waals surface area contributed by atoms with Crippen LogP contribution < -0.4 is 0 Å². The molecule has 1 N–H and O–H groups in total. The van der Waals surface area contributed by atoms with Gasteiger partial charge in [0.25, 0.3) is 5.89 Å². The molecule has 0 atom stereocenters. The fourth-order valence-corrected chi connectivity index (χ4v) is 2.45. The number of phenolic OH excluding ortho intramolecular Hbond substituents is 1. The van der Waals surface area contributed by atoms with Gasteiger partial charge in [-0.05, 0) is 46.3 Å². The van der Waals surface area contributed by atoms with E-state index < -0.39 is 0 Å². The summed E-state index contributed by atoms with van der Waals surface area (Å²) < 4.78 is 6.72. The Morgan fingerprint density at radius 2 is 2.00 bits per heavy atom. The lowest BCUT2D eigenvalue weighted by atomic mass is 10.2. The Hall–Kier alpha value is -1.73. The highest BCUT2D eigenvalue weighted by Gasteiger charge is 2.16. The highest BCUT2D eigenvalue weighted by Crippen LogP contribution is 2.32. The van der Waals surface area contributed by atoms with Gasteiger partial charge in [-0.2, -0.15) is 4.98 Å². The minimum atomic E-state index is 0.0645. The van der Waals surface area contributed by atoms with Crippen molar-refractivity contribution in [2.45, 2.75) is 0 Å². The number of aromatic hydroxyl groups is 1. The van der Waals surface area contributed by atoms with Gasteiger partial charge in [-0.1, -0.05) is 21.1 Å². The molecule has 3 aromatic rings. The van der Waals surface area contributed by atoms with E-state index >= 15 is 0 Å². The monoisotopic (exact) mass is 395 g/mol. The van der Waals surface area contributed by atoms with Crippen LogP contribution in [0.1, 0.15) is 0 Å². The van der Waals surface area contributed by atoms with Crippen molar-refractivity contribution in [3.8, 4) is 28.7 Å². The largest absolute Gasteiger partial charge is 0.507 e. The number of rotatable bonds is 2. The van der Waals surface area contributed by atoms with Gasteiger partial charge in [0.1, 0.15) is 11.4 Å². The van der Waals surface area contributed by atoms with Crippen LogP contribution in [0.25, 0.3) is 23.0 Å². The van der Waals surface area contributed by atoms with E-state index in [2.05, 4.69) is 47.0 Å². The molecule has 2 aromatic heterocycles. The zero-order valence-electron chi connectivity index (χ0n) is 9.92. The van der Waals surface area contributed by atoms with E-state index in [4.69, 9.17) is 4.52 Å². The molecule has 0 aliphatic rings. The highest BCUT2D eigenvalue weighted by molar-refractivity contribution is 9.10. The van der Waals surface area contributed by atoms with E-state index in [1.165, 1.54) is 0 Å². The second-order valence-electron chi connectivity index (χ2n) is 3.92. The van der Waals surface area contributed by atoms with Crippen LogP contribution in [-0.4, -0.2) is 20.2 Å². The quantitative estimate of drug-likeness (QED) is 0.707. The Labute approximate surface area is 130 Å². The molecular weight excluding hydrogens is 390 g/mol. The molecule has 0 fully saturated rings. The summed E-state index contributed by atoms with van der Waals surface area (Å²) >= 11 is 6.66. The topological polar surface area (TPSA) is 72.0 Å². The number of nitrogens with zero attached hydrogens (tertiary/aromatic N) is 3. The molecule has 0 radical (unpaired) electrons. The van der Waals surface area contributed by atoms with Gasteiger partial charge in [0.05, 0.1) is 5.56 Å². The van der Waals surface area contributed by atoms with E-state index in [0.717, 1.165) is 8.95 Å². The first-order valence-corrected chi connectivity index (χ1v) is 7.17. The van der Waals surface area contributed by atoms with Crippen LogP contribution in [0.15, 0.2) is 50.0 Å². The standard InChI is InChI=1S/C13H7Br2N3O2/c14-7-3-4-8(10(19)6-7)13-17-12(18-20-13)11-9(15)2-1-5-16-11/h1-6,19H. The molecule has 0 aliphatic carbocycles. The maximum Gasteiger partial charge on any atom is 0.262 e. The second-order valence-corrected chi connectivity index (χ2v) is 5.69. The first kappa shape index (κ1) is 13.3. The molecule has 0 bridgehead atoms. The minimum absolute atomic E-state index is 0.0645. The molecule has 0 saturated heterocycles. The molecule has 1 aromatic carbocycles. The van der Waals surface area contributed by atoms with Crippen LogP contribution in [0.5, 0.6) is 5.75 Å². The molecule has 100 valence electrons. The molecule has 3 rings (SSSR count). The summed E-state index contributed by atoms with van der Waals surface area (Å²) in [6.07, 6.45) is 1.65. The smallest absolute Gasteiger partial charge is 0.262 e. The van der Waals surface area contributed by atoms with Crippen LogP contribution in [-0.2, 0) is 0 Å². The van der Waals surface area contributed by atoms with Crippen LogP contribution in [0.2, 0.25) is 0 Å². The molecule has 20 heavy (non-hydrogen) atoms. The van der Waals surface area contributed by atoms with Crippen molar-refractivity contribution < 1.29 is 9.63 Å². The van der Waals surface area contributed by atoms with Crippen molar-refractivity contribution in [2.24, 2.45) is 0 Å². The Morgan fingerprint density at radius 1 is 1.15 bits per heavy atom.